The van der Waals surface area contributed by atoms with Gasteiger partial charge in [0.05, 0.1) is 29.0 Å². The Labute approximate surface area is 181 Å². The number of hydrogen-bond donors (Lipinski definition) is 3. The van der Waals surface area contributed by atoms with E-state index >= 15 is 0 Å². The van der Waals surface area contributed by atoms with Crippen LogP contribution in [0.5, 0.6) is 0 Å². The molecule has 0 aliphatic heterocycles. The molecule has 3 N–H and O–H groups in total. The maximum atomic E-state index is 12.3. The average molecular weight is 447 g/mol. The van der Waals surface area contributed by atoms with Crippen LogP contribution in [-0.2, 0) is 11.2 Å². The van der Waals surface area contributed by atoms with Gasteiger partial charge in [0.15, 0.2) is 10.9 Å². The highest BCUT2D eigenvalue weighted by Crippen LogP contribution is 2.22. The number of amides is 3. The Morgan fingerprint density at radius 3 is 2.70 bits per heavy atom. The van der Waals surface area contributed by atoms with Crippen molar-refractivity contribution in [3.05, 3.63) is 64.0 Å². The molecule has 0 spiro atoms. The van der Waals surface area contributed by atoms with Gasteiger partial charge in [0.25, 0.3) is 11.8 Å². The predicted molar refractivity (Wildman–Crippen MR) is 115 cm³/mol. The third kappa shape index (κ3) is 5.68. The van der Waals surface area contributed by atoms with Gasteiger partial charge in [-0.1, -0.05) is 18.5 Å². The first-order valence-corrected chi connectivity index (χ1v) is 10.4. The number of aromatic nitrogens is 1. The molecule has 2 heterocycles. The number of anilines is 2. The Morgan fingerprint density at radius 2 is 2.00 bits per heavy atom. The summed E-state index contributed by atoms with van der Waals surface area (Å²) >= 11 is 7.38. The zero-order valence-corrected chi connectivity index (χ0v) is 17.6. The first-order chi connectivity index (χ1) is 14.5. The highest BCUT2D eigenvalue weighted by Gasteiger charge is 2.14. The smallest absolute Gasteiger partial charge is 0.293 e. The second-order valence-corrected chi connectivity index (χ2v) is 7.52. The van der Waals surface area contributed by atoms with Gasteiger partial charge in [-0.15, -0.1) is 11.3 Å². The van der Waals surface area contributed by atoms with Crippen molar-refractivity contribution in [2.75, 3.05) is 17.2 Å². The number of carbonyl (C=O) groups is 3. The Balaban J connectivity index is 1.55. The molecule has 0 radical (unpaired) electrons. The summed E-state index contributed by atoms with van der Waals surface area (Å²) in [7, 11) is 0. The lowest BCUT2D eigenvalue weighted by Gasteiger charge is -2.09. The summed E-state index contributed by atoms with van der Waals surface area (Å²) in [6, 6.07) is 7.86. The van der Waals surface area contributed by atoms with Crippen LogP contribution in [-0.4, -0.2) is 29.3 Å². The van der Waals surface area contributed by atoms with Crippen LogP contribution >= 0.6 is 22.9 Å². The third-order valence-electron chi connectivity index (χ3n) is 3.89. The summed E-state index contributed by atoms with van der Waals surface area (Å²) in [6.07, 6.45) is 2.24. The molecule has 0 fully saturated rings. The Morgan fingerprint density at radius 1 is 1.17 bits per heavy atom. The number of rotatable bonds is 8. The zero-order valence-electron chi connectivity index (χ0n) is 16.0. The lowest BCUT2D eigenvalue weighted by molar-refractivity contribution is -0.115. The number of benzene rings is 1. The Kier molecular flexibility index (Phi) is 7.21. The first kappa shape index (κ1) is 21.5. The van der Waals surface area contributed by atoms with Crippen molar-refractivity contribution in [3.8, 4) is 0 Å². The Bertz CT molecular complexity index is 1050. The monoisotopic (exact) mass is 446 g/mol. The molecule has 0 unspecified atom stereocenters. The van der Waals surface area contributed by atoms with Gasteiger partial charge in [0.1, 0.15) is 0 Å². The first-order valence-electron chi connectivity index (χ1n) is 9.13. The molecule has 3 rings (SSSR count). The van der Waals surface area contributed by atoms with Gasteiger partial charge >= 0.3 is 0 Å². The SMILES string of the molecule is CCCNC(=O)c1ccc(NC(=O)Cc2csc(NC(=O)c3ccco3)n2)cc1Cl. The van der Waals surface area contributed by atoms with E-state index in [1.54, 1.807) is 29.6 Å². The zero-order chi connectivity index (χ0) is 21.5. The number of thiazole rings is 1. The molecule has 0 saturated heterocycles. The fourth-order valence-corrected chi connectivity index (χ4v) is 3.46. The standard InChI is InChI=1S/C20H19ClN4O4S/c1-2-7-22-18(27)14-6-5-12(9-15(14)21)23-17(26)10-13-11-30-20(24-13)25-19(28)16-4-3-8-29-16/h3-6,8-9,11H,2,7,10H2,1H3,(H,22,27)(H,23,26)(H,24,25,28). The molecule has 2 aromatic heterocycles. The maximum absolute atomic E-state index is 12.3. The van der Waals surface area contributed by atoms with E-state index < -0.39 is 5.91 Å². The van der Waals surface area contributed by atoms with E-state index in [4.69, 9.17) is 16.0 Å². The van der Waals surface area contributed by atoms with Crippen LogP contribution in [0.2, 0.25) is 5.02 Å². The quantitative estimate of drug-likeness (QED) is 0.484. The molecule has 1 aromatic carbocycles. The lowest BCUT2D eigenvalue weighted by atomic mass is 10.2. The second kappa shape index (κ2) is 10.0. The van der Waals surface area contributed by atoms with Gasteiger partial charge in [0.2, 0.25) is 5.91 Å². The average Bonchev–Trinajstić information content (AvgIpc) is 3.38. The maximum Gasteiger partial charge on any atom is 0.293 e. The van der Waals surface area contributed by atoms with Crippen LogP contribution in [0.1, 0.15) is 40.0 Å². The molecule has 0 bridgehead atoms. The molecule has 0 atom stereocenters. The molecule has 3 aromatic rings. The number of hydrogen-bond acceptors (Lipinski definition) is 6. The van der Waals surface area contributed by atoms with Crippen LogP contribution in [0.4, 0.5) is 10.8 Å². The van der Waals surface area contributed by atoms with E-state index in [1.807, 2.05) is 6.92 Å². The van der Waals surface area contributed by atoms with Crippen molar-refractivity contribution in [2.24, 2.45) is 0 Å². The van der Waals surface area contributed by atoms with Crippen LogP contribution < -0.4 is 16.0 Å². The van der Waals surface area contributed by atoms with Crippen LogP contribution in [0.25, 0.3) is 0 Å². The summed E-state index contributed by atoms with van der Waals surface area (Å²) in [5.41, 5.74) is 1.33. The summed E-state index contributed by atoms with van der Waals surface area (Å²) in [5, 5.41) is 10.4. The van der Waals surface area contributed by atoms with Gasteiger partial charge < -0.3 is 15.1 Å². The van der Waals surface area contributed by atoms with Gasteiger partial charge in [-0.25, -0.2) is 4.98 Å². The van der Waals surface area contributed by atoms with Crippen molar-refractivity contribution in [1.29, 1.82) is 0 Å². The van der Waals surface area contributed by atoms with Gasteiger partial charge in [-0.3, -0.25) is 19.7 Å². The molecule has 3 amide bonds. The van der Waals surface area contributed by atoms with Gasteiger partial charge in [-0.2, -0.15) is 0 Å². The molecule has 8 nitrogen and oxygen atoms in total. The minimum atomic E-state index is -0.414. The van der Waals surface area contributed by atoms with Crippen molar-refractivity contribution in [1.82, 2.24) is 10.3 Å². The summed E-state index contributed by atoms with van der Waals surface area (Å²) < 4.78 is 5.02. The fourth-order valence-electron chi connectivity index (χ4n) is 2.49. The van der Waals surface area contributed by atoms with Crippen molar-refractivity contribution >= 4 is 51.5 Å². The van der Waals surface area contributed by atoms with E-state index in [0.717, 1.165) is 6.42 Å². The summed E-state index contributed by atoms with van der Waals surface area (Å²) in [6.45, 7) is 2.52. The van der Waals surface area contributed by atoms with Gasteiger partial charge in [0, 0.05) is 17.6 Å². The topological polar surface area (TPSA) is 113 Å². The highest BCUT2D eigenvalue weighted by molar-refractivity contribution is 7.14. The van der Waals surface area contributed by atoms with Crippen LogP contribution in [0.15, 0.2) is 46.4 Å². The second-order valence-electron chi connectivity index (χ2n) is 6.25. The number of nitrogens with zero attached hydrogens (tertiary/aromatic N) is 1. The van der Waals surface area contributed by atoms with E-state index in [9.17, 15) is 14.4 Å². The van der Waals surface area contributed by atoms with Crippen molar-refractivity contribution in [2.45, 2.75) is 19.8 Å². The van der Waals surface area contributed by atoms with Crippen LogP contribution in [0, 0.1) is 0 Å². The Hall–Kier alpha value is -3.17. The highest BCUT2D eigenvalue weighted by atomic mass is 35.5. The van der Waals surface area contributed by atoms with E-state index in [-0.39, 0.29) is 29.0 Å². The number of furan rings is 1. The lowest BCUT2D eigenvalue weighted by Crippen LogP contribution is -2.24. The minimum Gasteiger partial charge on any atom is -0.459 e. The number of halogens is 1. The molecule has 10 heteroatoms. The largest absolute Gasteiger partial charge is 0.459 e. The molecular weight excluding hydrogens is 428 g/mol. The fraction of sp³-hybridized carbons (Fsp3) is 0.200. The molecule has 0 aliphatic carbocycles. The van der Waals surface area contributed by atoms with E-state index in [0.29, 0.717) is 28.6 Å². The van der Waals surface area contributed by atoms with Crippen LogP contribution in [0.3, 0.4) is 0 Å². The number of carbonyl (C=O) groups excluding carboxylic acids is 3. The van der Waals surface area contributed by atoms with E-state index in [2.05, 4.69) is 20.9 Å². The van der Waals surface area contributed by atoms with E-state index in [1.165, 1.54) is 23.7 Å². The molecule has 0 aliphatic rings. The summed E-state index contributed by atoms with van der Waals surface area (Å²) in [5.74, 6) is -0.800. The minimum absolute atomic E-state index is 0.0173. The molecule has 30 heavy (non-hydrogen) atoms. The molecule has 156 valence electrons. The third-order valence-corrected chi connectivity index (χ3v) is 5.01. The van der Waals surface area contributed by atoms with Crippen molar-refractivity contribution in [3.63, 3.8) is 0 Å². The van der Waals surface area contributed by atoms with Crippen molar-refractivity contribution < 1.29 is 18.8 Å². The van der Waals surface area contributed by atoms with Gasteiger partial charge in [-0.05, 0) is 36.8 Å². The molecular formula is C20H19ClN4O4S. The molecule has 0 saturated carbocycles. The predicted octanol–water partition coefficient (Wildman–Crippen LogP) is 3.96. The summed E-state index contributed by atoms with van der Waals surface area (Å²) in [4.78, 5) is 40.5. The normalized spacial score (nSPS) is 10.5. The number of nitrogens with one attached hydrogen (secondary N) is 3.